The number of pyridine rings is 1. The largest absolute Gasteiger partial charge is 0.353 e. The van der Waals surface area contributed by atoms with Crippen LogP contribution in [0.4, 0.5) is 5.82 Å². The maximum atomic E-state index is 13.2. The summed E-state index contributed by atoms with van der Waals surface area (Å²) in [7, 11) is -3.73. The highest BCUT2D eigenvalue weighted by Gasteiger charge is 2.29. The molecule has 2 aliphatic rings. The summed E-state index contributed by atoms with van der Waals surface area (Å²) in [5.74, 6) is 0.719. The van der Waals surface area contributed by atoms with Gasteiger partial charge in [0.2, 0.25) is 10.0 Å². The average molecular weight is 463 g/mol. The van der Waals surface area contributed by atoms with Crippen LogP contribution in [0.2, 0.25) is 5.02 Å². The summed E-state index contributed by atoms with van der Waals surface area (Å²) in [5, 5.41) is 0.153. The molecule has 0 bridgehead atoms. The van der Waals surface area contributed by atoms with Gasteiger partial charge in [-0.25, -0.2) is 13.4 Å². The lowest BCUT2D eigenvalue weighted by atomic mass is 10.2. The molecule has 2 aromatic rings. The highest BCUT2D eigenvalue weighted by Crippen LogP contribution is 2.28. The minimum absolute atomic E-state index is 0.0223. The van der Waals surface area contributed by atoms with Gasteiger partial charge in [0.15, 0.2) is 0 Å². The van der Waals surface area contributed by atoms with Crippen LogP contribution in [0.15, 0.2) is 47.5 Å². The van der Waals surface area contributed by atoms with E-state index in [9.17, 15) is 13.2 Å². The molecule has 4 rings (SSSR count). The van der Waals surface area contributed by atoms with Gasteiger partial charge in [0, 0.05) is 51.0 Å². The third-order valence-corrected chi connectivity index (χ3v) is 8.28. The van der Waals surface area contributed by atoms with E-state index in [1.54, 1.807) is 17.2 Å². The van der Waals surface area contributed by atoms with Crippen molar-refractivity contribution in [2.45, 2.75) is 30.6 Å². The first-order valence-corrected chi connectivity index (χ1v) is 12.5. The number of hydrogen-bond donors (Lipinski definition) is 0. The number of halogens is 1. The fourth-order valence-corrected chi connectivity index (χ4v) is 6.13. The molecule has 7 nitrogen and oxygen atoms in total. The number of benzene rings is 1. The minimum Gasteiger partial charge on any atom is -0.353 e. The Hall–Kier alpha value is -2.16. The Labute approximate surface area is 188 Å². The Morgan fingerprint density at radius 2 is 1.61 bits per heavy atom. The molecule has 31 heavy (non-hydrogen) atoms. The number of rotatable bonds is 4. The molecule has 3 heterocycles. The van der Waals surface area contributed by atoms with Crippen LogP contribution in [0.3, 0.4) is 0 Å². The van der Waals surface area contributed by atoms with Crippen LogP contribution in [-0.4, -0.2) is 67.8 Å². The molecule has 166 valence electrons. The maximum absolute atomic E-state index is 13.2. The van der Waals surface area contributed by atoms with Gasteiger partial charge in [0.1, 0.15) is 10.7 Å². The number of sulfonamides is 1. The second-order valence-electron chi connectivity index (χ2n) is 7.93. The van der Waals surface area contributed by atoms with Crippen LogP contribution < -0.4 is 4.90 Å². The molecule has 9 heteroatoms. The summed E-state index contributed by atoms with van der Waals surface area (Å²) in [6.07, 6.45) is 5.50. The second-order valence-corrected chi connectivity index (χ2v) is 10.2. The van der Waals surface area contributed by atoms with E-state index in [4.69, 9.17) is 11.6 Å². The SMILES string of the molecule is O=C(c1ccc(Cl)c(S(=O)(=O)N2CCCCCC2)c1)N1CCN(c2ccccn2)CC1. The molecule has 0 unspecified atom stereocenters. The van der Waals surface area contributed by atoms with Gasteiger partial charge < -0.3 is 9.80 Å². The summed E-state index contributed by atoms with van der Waals surface area (Å²) in [4.78, 5) is 21.4. The van der Waals surface area contributed by atoms with Gasteiger partial charge in [-0.1, -0.05) is 30.5 Å². The predicted octanol–water partition coefficient (Wildman–Crippen LogP) is 3.26. The van der Waals surface area contributed by atoms with Crippen LogP contribution in [0.1, 0.15) is 36.0 Å². The Balaban J connectivity index is 1.49. The molecule has 0 atom stereocenters. The fourth-order valence-electron chi connectivity index (χ4n) is 4.12. The number of carbonyl (C=O) groups is 1. The Morgan fingerprint density at radius 1 is 0.903 bits per heavy atom. The average Bonchev–Trinajstić information content (AvgIpc) is 3.10. The molecule has 1 aromatic heterocycles. The summed E-state index contributed by atoms with van der Waals surface area (Å²) >= 11 is 6.27. The first-order valence-electron chi connectivity index (χ1n) is 10.7. The van der Waals surface area contributed by atoms with Crippen molar-refractivity contribution in [3.63, 3.8) is 0 Å². The van der Waals surface area contributed by atoms with Crippen molar-refractivity contribution in [3.8, 4) is 0 Å². The van der Waals surface area contributed by atoms with Gasteiger partial charge in [-0.15, -0.1) is 0 Å². The second kappa shape index (κ2) is 9.54. The van der Waals surface area contributed by atoms with E-state index in [-0.39, 0.29) is 15.8 Å². The number of anilines is 1. The van der Waals surface area contributed by atoms with Gasteiger partial charge >= 0.3 is 0 Å². The van der Waals surface area contributed by atoms with Crippen LogP contribution in [0.25, 0.3) is 0 Å². The Bertz CT molecular complexity index is 1020. The molecular formula is C22H27ClN4O3S. The van der Waals surface area contributed by atoms with Gasteiger partial charge in [-0.3, -0.25) is 4.79 Å². The predicted molar refractivity (Wildman–Crippen MR) is 121 cm³/mol. The lowest BCUT2D eigenvalue weighted by Crippen LogP contribution is -2.49. The molecular weight excluding hydrogens is 436 g/mol. The standard InChI is InChI=1S/C22H27ClN4O3S/c23-19-9-8-18(17-20(19)31(29,30)27-11-5-1-2-6-12-27)22(28)26-15-13-25(14-16-26)21-7-3-4-10-24-21/h3-4,7-10,17H,1-2,5-6,11-16H2. The van der Waals surface area contributed by atoms with Crippen molar-refractivity contribution in [2.75, 3.05) is 44.2 Å². The van der Waals surface area contributed by atoms with E-state index in [0.717, 1.165) is 31.5 Å². The normalized spacial score (nSPS) is 18.6. The van der Waals surface area contributed by atoms with Gasteiger partial charge in [-0.05, 0) is 43.2 Å². The number of piperazine rings is 1. The quantitative estimate of drug-likeness (QED) is 0.697. The van der Waals surface area contributed by atoms with Gasteiger partial charge in [0.05, 0.1) is 5.02 Å². The van der Waals surface area contributed by atoms with E-state index < -0.39 is 10.0 Å². The van der Waals surface area contributed by atoms with Crippen LogP contribution in [0, 0.1) is 0 Å². The first kappa shape index (κ1) is 22.0. The maximum Gasteiger partial charge on any atom is 0.254 e. The summed E-state index contributed by atoms with van der Waals surface area (Å²) in [6.45, 7) is 3.43. The van der Waals surface area contributed by atoms with E-state index in [1.165, 1.54) is 16.4 Å². The van der Waals surface area contributed by atoms with Gasteiger partial charge in [0.25, 0.3) is 5.91 Å². The zero-order valence-electron chi connectivity index (χ0n) is 17.4. The third-order valence-electron chi connectivity index (χ3n) is 5.90. The minimum atomic E-state index is -3.73. The van der Waals surface area contributed by atoms with Crippen molar-refractivity contribution in [1.82, 2.24) is 14.2 Å². The number of aromatic nitrogens is 1. The molecule has 1 aromatic carbocycles. The Kier molecular flexibility index (Phi) is 6.79. The molecule has 0 spiro atoms. The smallest absolute Gasteiger partial charge is 0.254 e. The number of hydrogen-bond acceptors (Lipinski definition) is 5. The van der Waals surface area contributed by atoms with E-state index in [1.807, 2.05) is 18.2 Å². The molecule has 0 N–H and O–H groups in total. The van der Waals surface area contributed by atoms with E-state index in [2.05, 4.69) is 9.88 Å². The van der Waals surface area contributed by atoms with Crippen molar-refractivity contribution >= 4 is 33.3 Å². The topological polar surface area (TPSA) is 73.8 Å². The fraction of sp³-hybridized carbons (Fsp3) is 0.455. The molecule has 2 aliphatic heterocycles. The van der Waals surface area contributed by atoms with Crippen molar-refractivity contribution in [3.05, 3.63) is 53.2 Å². The summed E-state index contributed by atoms with van der Waals surface area (Å²) in [5.41, 5.74) is 0.351. The molecule has 1 amide bonds. The molecule has 2 saturated heterocycles. The third kappa shape index (κ3) is 4.86. The van der Waals surface area contributed by atoms with Crippen molar-refractivity contribution < 1.29 is 13.2 Å². The monoisotopic (exact) mass is 462 g/mol. The van der Waals surface area contributed by atoms with Crippen LogP contribution in [-0.2, 0) is 10.0 Å². The summed E-state index contributed by atoms with van der Waals surface area (Å²) < 4.78 is 27.9. The van der Waals surface area contributed by atoms with E-state index >= 15 is 0 Å². The van der Waals surface area contributed by atoms with Crippen LogP contribution in [0.5, 0.6) is 0 Å². The summed E-state index contributed by atoms with van der Waals surface area (Å²) in [6, 6.07) is 10.3. The van der Waals surface area contributed by atoms with E-state index in [0.29, 0.717) is 44.8 Å². The lowest BCUT2D eigenvalue weighted by Gasteiger charge is -2.35. The lowest BCUT2D eigenvalue weighted by molar-refractivity contribution is 0.0746. The molecule has 0 aliphatic carbocycles. The highest BCUT2D eigenvalue weighted by atomic mass is 35.5. The molecule has 2 fully saturated rings. The number of amides is 1. The van der Waals surface area contributed by atoms with Crippen LogP contribution >= 0.6 is 11.6 Å². The van der Waals surface area contributed by atoms with Crippen molar-refractivity contribution in [1.29, 1.82) is 0 Å². The zero-order chi connectivity index (χ0) is 21.8. The van der Waals surface area contributed by atoms with Crippen molar-refractivity contribution in [2.24, 2.45) is 0 Å². The number of nitrogens with zero attached hydrogens (tertiary/aromatic N) is 4. The first-order chi connectivity index (χ1) is 15.0. The molecule has 0 saturated carbocycles. The zero-order valence-corrected chi connectivity index (χ0v) is 19.0. The Morgan fingerprint density at radius 3 is 2.26 bits per heavy atom. The highest BCUT2D eigenvalue weighted by molar-refractivity contribution is 7.89. The molecule has 0 radical (unpaired) electrons. The number of carbonyl (C=O) groups excluding carboxylic acids is 1. The van der Waals surface area contributed by atoms with Gasteiger partial charge in [-0.2, -0.15) is 4.31 Å².